The number of aromatic carboxylic acids is 1. The van der Waals surface area contributed by atoms with E-state index in [0.717, 1.165) is 6.07 Å². The number of nitrogens with one attached hydrogen (secondary N) is 1. The standard InChI is InChI=1S/C12H15ClN2O5S/c13-10-5-4-8(7-9(10)12(17)18)21(19,20)15-6-2-1-3-11(14)16/h4-5,7,15H,1-3,6H2,(H2,14,16)(H,17,18). The number of sulfonamides is 1. The summed E-state index contributed by atoms with van der Waals surface area (Å²) in [6.07, 6.45) is 1.10. The van der Waals surface area contributed by atoms with Crippen molar-refractivity contribution in [1.82, 2.24) is 4.72 Å². The number of primary amides is 1. The van der Waals surface area contributed by atoms with Gasteiger partial charge in [-0.2, -0.15) is 0 Å². The average molecular weight is 335 g/mol. The van der Waals surface area contributed by atoms with Crippen LogP contribution in [-0.4, -0.2) is 31.9 Å². The molecule has 9 heteroatoms. The highest BCUT2D eigenvalue weighted by atomic mass is 35.5. The van der Waals surface area contributed by atoms with Gasteiger partial charge in [-0.25, -0.2) is 17.9 Å². The van der Waals surface area contributed by atoms with Crippen molar-refractivity contribution in [3.63, 3.8) is 0 Å². The molecule has 1 aromatic carbocycles. The Morgan fingerprint density at radius 3 is 2.52 bits per heavy atom. The van der Waals surface area contributed by atoms with Crippen molar-refractivity contribution in [2.45, 2.75) is 24.2 Å². The first-order chi connectivity index (χ1) is 9.74. The summed E-state index contributed by atoms with van der Waals surface area (Å²) in [5, 5.41) is 8.87. The van der Waals surface area contributed by atoms with E-state index in [2.05, 4.69) is 4.72 Å². The van der Waals surface area contributed by atoms with Crippen LogP contribution in [0.25, 0.3) is 0 Å². The van der Waals surface area contributed by atoms with Crippen LogP contribution >= 0.6 is 11.6 Å². The fourth-order valence-corrected chi connectivity index (χ4v) is 2.85. The van der Waals surface area contributed by atoms with E-state index in [4.69, 9.17) is 22.4 Å². The lowest BCUT2D eigenvalue weighted by atomic mass is 10.2. The minimum atomic E-state index is -3.82. The molecule has 0 aliphatic heterocycles. The van der Waals surface area contributed by atoms with Crippen LogP contribution in [0.2, 0.25) is 5.02 Å². The van der Waals surface area contributed by atoms with Gasteiger partial charge in [-0.3, -0.25) is 4.79 Å². The van der Waals surface area contributed by atoms with Crippen molar-refractivity contribution in [3.05, 3.63) is 28.8 Å². The number of rotatable bonds is 8. The van der Waals surface area contributed by atoms with Gasteiger partial charge in [-0.1, -0.05) is 11.6 Å². The number of hydrogen-bond donors (Lipinski definition) is 3. The second-order valence-electron chi connectivity index (χ2n) is 4.27. The van der Waals surface area contributed by atoms with Crippen molar-refractivity contribution in [3.8, 4) is 0 Å². The molecule has 0 radical (unpaired) electrons. The van der Waals surface area contributed by atoms with Crippen LogP contribution in [0.5, 0.6) is 0 Å². The topological polar surface area (TPSA) is 127 Å². The molecule has 0 aliphatic carbocycles. The lowest BCUT2D eigenvalue weighted by Gasteiger charge is -2.08. The van der Waals surface area contributed by atoms with E-state index in [1.54, 1.807) is 0 Å². The van der Waals surface area contributed by atoms with Crippen LogP contribution in [0.1, 0.15) is 29.6 Å². The first-order valence-corrected chi connectivity index (χ1v) is 7.91. The van der Waals surface area contributed by atoms with E-state index < -0.39 is 21.9 Å². The number of carboxylic acid groups (broad SMARTS) is 1. The van der Waals surface area contributed by atoms with Crippen LogP contribution in [0.15, 0.2) is 23.1 Å². The van der Waals surface area contributed by atoms with Gasteiger partial charge in [-0.05, 0) is 31.0 Å². The summed E-state index contributed by atoms with van der Waals surface area (Å²) in [6, 6.07) is 3.43. The summed E-state index contributed by atoms with van der Waals surface area (Å²) in [5.74, 6) is -1.75. The van der Waals surface area contributed by atoms with Crippen LogP contribution in [0.3, 0.4) is 0 Å². The van der Waals surface area contributed by atoms with E-state index >= 15 is 0 Å². The molecule has 0 saturated carbocycles. The van der Waals surface area contributed by atoms with Gasteiger partial charge >= 0.3 is 5.97 Å². The number of carbonyl (C=O) groups excluding carboxylic acids is 1. The minimum absolute atomic E-state index is 0.0390. The SMILES string of the molecule is NC(=O)CCCCNS(=O)(=O)c1ccc(Cl)c(C(=O)O)c1. The number of benzene rings is 1. The number of carboxylic acids is 1. The average Bonchev–Trinajstić information content (AvgIpc) is 2.37. The maximum Gasteiger partial charge on any atom is 0.337 e. The van der Waals surface area contributed by atoms with Crippen molar-refractivity contribution in [2.24, 2.45) is 5.73 Å². The normalized spacial score (nSPS) is 11.3. The predicted octanol–water partition coefficient (Wildman–Crippen LogP) is 0.972. The Kier molecular flexibility index (Phi) is 6.13. The quantitative estimate of drug-likeness (QED) is 0.610. The Morgan fingerprint density at radius 2 is 1.95 bits per heavy atom. The van der Waals surface area contributed by atoms with E-state index in [-0.39, 0.29) is 28.4 Å². The molecule has 4 N–H and O–H groups in total. The number of carbonyl (C=O) groups is 2. The summed E-state index contributed by atoms with van der Waals surface area (Å²) in [4.78, 5) is 21.3. The molecule has 0 aromatic heterocycles. The largest absolute Gasteiger partial charge is 0.478 e. The fraction of sp³-hybridized carbons (Fsp3) is 0.333. The van der Waals surface area contributed by atoms with E-state index in [1.807, 2.05) is 0 Å². The van der Waals surface area contributed by atoms with Crippen molar-refractivity contribution < 1.29 is 23.1 Å². The molecule has 0 heterocycles. The number of amides is 1. The number of unbranched alkanes of at least 4 members (excludes halogenated alkanes) is 1. The summed E-state index contributed by atoms with van der Waals surface area (Å²) in [5.41, 5.74) is 4.68. The van der Waals surface area contributed by atoms with Crippen LogP contribution in [0, 0.1) is 0 Å². The van der Waals surface area contributed by atoms with Gasteiger partial charge in [-0.15, -0.1) is 0 Å². The lowest BCUT2D eigenvalue weighted by molar-refractivity contribution is -0.118. The van der Waals surface area contributed by atoms with Gasteiger partial charge in [0.2, 0.25) is 15.9 Å². The van der Waals surface area contributed by atoms with Crippen molar-refractivity contribution >= 4 is 33.5 Å². The van der Waals surface area contributed by atoms with Gasteiger partial charge in [0.05, 0.1) is 15.5 Å². The molecule has 1 rings (SSSR count). The molecular weight excluding hydrogens is 320 g/mol. The molecule has 21 heavy (non-hydrogen) atoms. The zero-order valence-corrected chi connectivity index (χ0v) is 12.6. The van der Waals surface area contributed by atoms with E-state index in [1.165, 1.54) is 12.1 Å². The molecule has 0 spiro atoms. The second kappa shape index (κ2) is 7.39. The van der Waals surface area contributed by atoms with Crippen molar-refractivity contribution in [2.75, 3.05) is 6.54 Å². The summed E-state index contributed by atoms with van der Waals surface area (Å²) in [7, 11) is -3.82. The molecule has 0 aliphatic rings. The molecule has 0 atom stereocenters. The Hall–Kier alpha value is -1.64. The van der Waals surface area contributed by atoms with Crippen LogP contribution in [-0.2, 0) is 14.8 Å². The molecule has 1 amide bonds. The third-order valence-electron chi connectivity index (χ3n) is 2.62. The summed E-state index contributed by atoms with van der Waals surface area (Å²) >= 11 is 5.68. The molecule has 116 valence electrons. The van der Waals surface area contributed by atoms with Gasteiger partial charge in [0.15, 0.2) is 0 Å². The lowest BCUT2D eigenvalue weighted by Crippen LogP contribution is -2.25. The fourth-order valence-electron chi connectivity index (χ4n) is 1.55. The maximum atomic E-state index is 12.0. The number of halogens is 1. The number of nitrogens with two attached hydrogens (primary N) is 1. The van der Waals surface area contributed by atoms with Gasteiger partial charge < -0.3 is 10.8 Å². The second-order valence-corrected chi connectivity index (χ2v) is 6.44. The van der Waals surface area contributed by atoms with Gasteiger partial charge in [0, 0.05) is 13.0 Å². The van der Waals surface area contributed by atoms with Gasteiger partial charge in [0.1, 0.15) is 0 Å². The zero-order chi connectivity index (χ0) is 16.0. The monoisotopic (exact) mass is 334 g/mol. The highest BCUT2D eigenvalue weighted by Gasteiger charge is 2.17. The molecule has 7 nitrogen and oxygen atoms in total. The molecule has 0 fully saturated rings. The number of hydrogen-bond acceptors (Lipinski definition) is 4. The molecule has 1 aromatic rings. The molecular formula is C12H15ClN2O5S. The zero-order valence-electron chi connectivity index (χ0n) is 11.0. The van der Waals surface area contributed by atoms with E-state index in [0.29, 0.717) is 12.8 Å². The predicted molar refractivity (Wildman–Crippen MR) is 76.6 cm³/mol. The molecule has 0 saturated heterocycles. The van der Waals surface area contributed by atoms with Crippen LogP contribution in [0.4, 0.5) is 0 Å². The Bertz CT molecular complexity index is 645. The highest BCUT2D eigenvalue weighted by molar-refractivity contribution is 7.89. The smallest absolute Gasteiger partial charge is 0.337 e. The Labute approximate surface area is 127 Å². The van der Waals surface area contributed by atoms with Crippen molar-refractivity contribution in [1.29, 1.82) is 0 Å². The Balaban J connectivity index is 2.72. The molecule has 0 bridgehead atoms. The minimum Gasteiger partial charge on any atom is -0.478 e. The summed E-state index contributed by atoms with van der Waals surface area (Å²) in [6.45, 7) is 0.126. The third-order valence-corrected chi connectivity index (χ3v) is 4.41. The summed E-state index contributed by atoms with van der Waals surface area (Å²) < 4.78 is 26.3. The van der Waals surface area contributed by atoms with E-state index in [9.17, 15) is 18.0 Å². The van der Waals surface area contributed by atoms with Crippen LogP contribution < -0.4 is 10.5 Å². The first kappa shape index (κ1) is 17.4. The highest BCUT2D eigenvalue weighted by Crippen LogP contribution is 2.20. The maximum absolute atomic E-state index is 12.0. The van der Waals surface area contributed by atoms with Gasteiger partial charge in [0.25, 0.3) is 0 Å². The first-order valence-electron chi connectivity index (χ1n) is 6.05. The Morgan fingerprint density at radius 1 is 1.29 bits per heavy atom. The molecule has 0 unspecified atom stereocenters. The third kappa shape index (κ3) is 5.33.